The third-order valence-corrected chi connectivity index (χ3v) is 2.14. The van der Waals surface area contributed by atoms with Gasteiger partial charge in [-0.05, 0) is 33.7 Å². The predicted octanol–water partition coefficient (Wildman–Crippen LogP) is 0.609. The summed E-state index contributed by atoms with van der Waals surface area (Å²) < 4.78 is 5.36. The van der Waals surface area contributed by atoms with Crippen molar-refractivity contribution in [2.24, 2.45) is 5.73 Å². The van der Waals surface area contributed by atoms with Crippen LogP contribution in [0.3, 0.4) is 0 Å². The maximum Gasteiger partial charge on any atom is 0.251 e. The summed E-state index contributed by atoms with van der Waals surface area (Å²) in [5.41, 5.74) is 5.33. The lowest BCUT2D eigenvalue weighted by Crippen LogP contribution is -2.39. The molecule has 0 rings (SSSR count). The SMILES string of the molecule is CCN(CC)C(=O)C(C)OCCCN. The smallest absolute Gasteiger partial charge is 0.251 e. The van der Waals surface area contributed by atoms with E-state index in [-0.39, 0.29) is 12.0 Å². The van der Waals surface area contributed by atoms with Crippen molar-refractivity contribution in [1.29, 1.82) is 0 Å². The zero-order valence-electron chi connectivity index (χ0n) is 9.45. The Hall–Kier alpha value is -0.610. The van der Waals surface area contributed by atoms with Crippen molar-refractivity contribution >= 4 is 5.91 Å². The van der Waals surface area contributed by atoms with Crippen LogP contribution in [0.5, 0.6) is 0 Å². The Labute approximate surface area is 86.4 Å². The molecule has 0 spiro atoms. The van der Waals surface area contributed by atoms with Crippen LogP contribution in [0.2, 0.25) is 0 Å². The van der Waals surface area contributed by atoms with Crippen molar-refractivity contribution in [1.82, 2.24) is 4.90 Å². The number of carbonyl (C=O) groups excluding carboxylic acids is 1. The normalized spacial score (nSPS) is 12.6. The van der Waals surface area contributed by atoms with Crippen molar-refractivity contribution < 1.29 is 9.53 Å². The van der Waals surface area contributed by atoms with E-state index >= 15 is 0 Å². The van der Waals surface area contributed by atoms with Gasteiger partial charge < -0.3 is 15.4 Å². The summed E-state index contributed by atoms with van der Waals surface area (Å²) >= 11 is 0. The van der Waals surface area contributed by atoms with Crippen LogP contribution in [0.15, 0.2) is 0 Å². The highest BCUT2D eigenvalue weighted by Gasteiger charge is 2.17. The molecule has 4 nitrogen and oxygen atoms in total. The molecule has 0 aliphatic rings. The highest BCUT2D eigenvalue weighted by molar-refractivity contribution is 5.80. The van der Waals surface area contributed by atoms with Gasteiger partial charge in [-0.1, -0.05) is 0 Å². The third kappa shape index (κ3) is 4.58. The fourth-order valence-electron chi connectivity index (χ4n) is 1.21. The van der Waals surface area contributed by atoms with Crippen molar-refractivity contribution in [3.8, 4) is 0 Å². The van der Waals surface area contributed by atoms with Crippen LogP contribution in [-0.2, 0) is 9.53 Å². The highest BCUT2D eigenvalue weighted by Crippen LogP contribution is 1.99. The molecule has 4 heteroatoms. The van der Waals surface area contributed by atoms with Crippen molar-refractivity contribution in [2.75, 3.05) is 26.2 Å². The molecule has 0 aromatic carbocycles. The van der Waals surface area contributed by atoms with Crippen molar-refractivity contribution in [3.05, 3.63) is 0 Å². The molecule has 1 unspecified atom stereocenters. The zero-order chi connectivity index (χ0) is 11.0. The first-order valence-corrected chi connectivity index (χ1v) is 5.27. The van der Waals surface area contributed by atoms with Crippen LogP contribution < -0.4 is 5.73 Å². The van der Waals surface area contributed by atoms with Gasteiger partial charge in [-0.25, -0.2) is 0 Å². The molecule has 0 aliphatic carbocycles. The minimum Gasteiger partial charge on any atom is -0.369 e. The van der Waals surface area contributed by atoms with Gasteiger partial charge >= 0.3 is 0 Å². The molecule has 0 fully saturated rings. The van der Waals surface area contributed by atoms with Gasteiger partial charge in [0.2, 0.25) is 0 Å². The van der Waals surface area contributed by atoms with E-state index in [1.807, 2.05) is 13.8 Å². The van der Waals surface area contributed by atoms with E-state index in [0.29, 0.717) is 13.2 Å². The van der Waals surface area contributed by atoms with E-state index in [0.717, 1.165) is 19.5 Å². The van der Waals surface area contributed by atoms with E-state index in [1.165, 1.54) is 0 Å². The standard InChI is InChI=1S/C10H22N2O2/c1-4-12(5-2)10(13)9(3)14-8-6-7-11/h9H,4-8,11H2,1-3H3. The van der Waals surface area contributed by atoms with E-state index < -0.39 is 0 Å². The van der Waals surface area contributed by atoms with Crippen LogP contribution >= 0.6 is 0 Å². The molecule has 0 aliphatic heterocycles. The lowest BCUT2D eigenvalue weighted by Gasteiger charge is -2.22. The molecule has 1 atom stereocenters. The summed E-state index contributed by atoms with van der Waals surface area (Å²) in [7, 11) is 0. The summed E-state index contributed by atoms with van der Waals surface area (Å²) in [6.07, 6.45) is 0.456. The van der Waals surface area contributed by atoms with Gasteiger partial charge in [-0.15, -0.1) is 0 Å². The molecule has 0 aromatic heterocycles. The summed E-state index contributed by atoms with van der Waals surface area (Å²) in [5, 5.41) is 0. The molecule has 14 heavy (non-hydrogen) atoms. The topological polar surface area (TPSA) is 55.6 Å². The summed E-state index contributed by atoms with van der Waals surface area (Å²) in [4.78, 5) is 13.4. The van der Waals surface area contributed by atoms with E-state index in [9.17, 15) is 4.79 Å². The number of likely N-dealkylation sites (N-methyl/N-ethyl adjacent to an activating group) is 1. The summed E-state index contributed by atoms with van der Waals surface area (Å²) in [6.45, 7) is 8.36. The second kappa shape index (κ2) is 7.76. The van der Waals surface area contributed by atoms with Crippen LogP contribution in [0.25, 0.3) is 0 Å². The molecular formula is C10H22N2O2. The average Bonchev–Trinajstić information content (AvgIpc) is 2.19. The van der Waals surface area contributed by atoms with E-state index in [1.54, 1.807) is 11.8 Å². The molecule has 0 heterocycles. The number of hydrogen-bond acceptors (Lipinski definition) is 3. The monoisotopic (exact) mass is 202 g/mol. The van der Waals surface area contributed by atoms with Crippen LogP contribution in [0.4, 0.5) is 0 Å². The Morgan fingerprint density at radius 2 is 2.00 bits per heavy atom. The lowest BCUT2D eigenvalue weighted by molar-refractivity contribution is -0.142. The van der Waals surface area contributed by atoms with Crippen LogP contribution in [-0.4, -0.2) is 43.2 Å². The van der Waals surface area contributed by atoms with Gasteiger partial charge in [-0.2, -0.15) is 0 Å². The van der Waals surface area contributed by atoms with Gasteiger partial charge in [-0.3, -0.25) is 4.79 Å². The maximum atomic E-state index is 11.7. The van der Waals surface area contributed by atoms with E-state index in [2.05, 4.69) is 0 Å². The number of carbonyl (C=O) groups is 1. The molecule has 2 N–H and O–H groups in total. The van der Waals surface area contributed by atoms with Crippen LogP contribution in [0.1, 0.15) is 27.2 Å². The fraction of sp³-hybridized carbons (Fsp3) is 0.900. The van der Waals surface area contributed by atoms with Gasteiger partial charge in [0.15, 0.2) is 0 Å². The molecule has 1 amide bonds. The molecular weight excluding hydrogens is 180 g/mol. The fourth-order valence-corrected chi connectivity index (χ4v) is 1.21. The van der Waals surface area contributed by atoms with Gasteiger partial charge in [0, 0.05) is 19.7 Å². The number of nitrogens with two attached hydrogens (primary N) is 1. The first-order valence-electron chi connectivity index (χ1n) is 5.27. The number of ether oxygens (including phenoxy) is 1. The molecule has 0 aromatic rings. The Balaban J connectivity index is 3.84. The second-order valence-corrected chi connectivity index (χ2v) is 3.17. The Morgan fingerprint density at radius 3 is 2.43 bits per heavy atom. The Morgan fingerprint density at radius 1 is 1.43 bits per heavy atom. The number of rotatable bonds is 7. The summed E-state index contributed by atoms with van der Waals surface area (Å²) in [6, 6.07) is 0. The van der Waals surface area contributed by atoms with Crippen molar-refractivity contribution in [3.63, 3.8) is 0 Å². The Kier molecular flexibility index (Phi) is 7.42. The Bertz CT molecular complexity index is 158. The molecule has 84 valence electrons. The maximum absolute atomic E-state index is 11.7. The molecule has 0 saturated heterocycles. The van der Waals surface area contributed by atoms with Crippen LogP contribution in [0, 0.1) is 0 Å². The number of amides is 1. The first kappa shape index (κ1) is 13.4. The number of nitrogens with zero attached hydrogens (tertiary/aromatic N) is 1. The highest BCUT2D eigenvalue weighted by atomic mass is 16.5. The van der Waals surface area contributed by atoms with Crippen molar-refractivity contribution in [2.45, 2.75) is 33.3 Å². The van der Waals surface area contributed by atoms with Gasteiger partial charge in [0.25, 0.3) is 5.91 Å². The minimum atomic E-state index is -0.346. The van der Waals surface area contributed by atoms with Gasteiger partial charge in [0.1, 0.15) is 6.10 Å². The average molecular weight is 202 g/mol. The zero-order valence-corrected chi connectivity index (χ0v) is 9.45. The first-order chi connectivity index (χ1) is 6.67. The molecule has 0 bridgehead atoms. The number of hydrogen-bond donors (Lipinski definition) is 1. The largest absolute Gasteiger partial charge is 0.369 e. The predicted molar refractivity (Wildman–Crippen MR) is 57.0 cm³/mol. The van der Waals surface area contributed by atoms with E-state index in [4.69, 9.17) is 10.5 Å². The van der Waals surface area contributed by atoms with Gasteiger partial charge in [0.05, 0.1) is 0 Å². The quantitative estimate of drug-likeness (QED) is 0.615. The third-order valence-electron chi connectivity index (χ3n) is 2.14. The minimum absolute atomic E-state index is 0.0621. The second-order valence-electron chi connectivity index (χ2n) is 3.17. The molecule has 0 radical (unpaired) electrons. The lowest BCUT2D eigenvalue weighted by atomic mass is 10.3. The summed E-state index contributed by atoms with van der Waals surface area (Å²) in [5.74, 6) is 0.0621. The molecule has 0 saturated carbocycles.